The van der Waals surface area contributed by atoms with E-state index in [0.29, 0.717) is 30.4 Å². The Hall–Kier alpha value is -3.81. The minimum Gasteiger partial charge on any atom is -0.493 e. The summed E-state index contributed by atoms with van der Waals surface area (Å²) >= 11 is 0. The lowest BCUT2D eigenvalue weighted by Crippen LogP contribution is -2.27. The molecule has 8 nitrogen and oxygen atoms in total. The fourth-order valence-corrected chi connectivity index (χ4v) is 2.61. The van der Waals surface area contributed by atoms with Crippen molar-refractivity contribution in [1.82, 2.24) is 20.1 Å². The minimum absolute atomic E-state index is 0.185. The zero-order valence-corrected chi connectivity index (χ0v) is 16.3. The molecule has 0 aliphatic carbocycles. The smallest absolute Gasteiger partial charge is 0.244 e. The van der Waals surface area contributed by atoms with Gasteiger partial charge in [-0.3, -0.25) is 4.79 Å². The van der Waals surface area contributed by atoms with Crippen LogP contribution in [0.3, 0.4) is 0 Å². The number of anilines is 1. The molecule has 0 saturated heterocycles. The zero-order valence-electron chi connectivity index (χ0n) is 16.3. The summed E-state index contributed by atoms with van der Waals surface area (Å²) in [6.07, 6.45) is 7.01. The summed E-state index contributed by atoms with van der Waals surface area (Å²) in [6, 6.07) is 13.0. The van der Waals surface area contributed by atoms with Crippen molar-refractivity contribution in [2.75, 3.05) is 32.6 Å². The van der Waals surface area contributed by atoms with E-state index >= 15 is 0 Å². The van der Waals surface area contributed by atoms with Crippen LogP contribution >= 0.6 is 0 Å². The van der Waals surface area contributed by atoms with Crippen molar-refractivity contribution in [3.05, 3.63) is 66.5 Å². The Balaban J connectivity index is 1.42. The average molecular weight is 393 g/mol. The number of carbonyl (C=O) groups is 1. The van der Waals surface area contributed by atoms with Crippen molar-refractivity contribution < 1.29 is 14.3 Å². The number of ether oxygens (including phenoxy) is 2. The van der Waals surface area contributed by atoms with Crippen molar-refractivity contribution in [3.8, 4) is 17.3 Å². The van der Waals surface area contributed by atoms with Crippen LogP contribution in [0.5, 0.6) is 11.5 Å². The van der Waals surface area contributed by atoms with Gasteiger partial charge in [0.25, 0.3) is 0 Å². The number of nitrogens with zero attached hydrogens (tertiary/aromatic N) is 3. The monoisotopic (exact) mass is 393 g/mol. The third-order valence-electron chi connectivity index (χ3n) is 4.08. The van der Waals surface area contributed by atoms with Crippen molar-refractivity contribution >= 4 is 17.8 Å². The maximum absolute atomic E-state index is 12.0. The summed E-state index contributed by atoms with van der Waals surface area (Å²) in [4.78, 5) is 12.0. The molecule has 1 aromatic carbocycles. The highest BCUT2D eigenvalue weighted by Crippen LogP contribution is 2.27. The molecule has 3 aromatic rings. The molecule has 2 aromatic heterocycles. The summed E-state index contributed by atoms with van der Waals surface area (Å²) < 4.78 is 12.3. The van der Waals surface area contributed by atoms with E-state index in [1.54, 1.807) is 32.4 Å². The number of methoxy groups -OCH3 is 2. The SMILES string of the molecule is COc1ccc(/C=C/C(=O)NCCNc2ccc(-n3cccc3)nn2)cc1OC. The molecule has 8 heteroatoms. The maximum atomic E-state index is 12.0. The van der Waals surface area contributed by atoms with Gasteiger partial charge in [0, 0.05) is 31.6 Å². The molecule has 0 unspecified atom stereocenters. The Labute approximate surface area is 169 Å². The molecule has 0 spiro atoms. The summed E-state index contributed by atoms with van der Waals surface area (Å²) in [5.41, 5.74) is 0.842. The summed E-state index contributed by atoms with van der Waals surface area (Å²) in [7, 11) is 3.15. The number of aromatic nitrogens is 3. The van der Waals surface area contributed by atoms with Gasteiger partial charge >= 0.3 is 0 Å². The fraction of sp³-hybridized carbons (Fsp3) is 0.190. The number of hydrogen-bond acceptors (Lipinski definition) is 6. The van der Waals surface area contributed by atoms with E-state index in [0.717, 1.165) is 11.4 Å². The van der Waals surface area contributed by atoms with Crippen LogP contribution in [0, 0.1) is 0 Å². The van der Waals surface area contributed by atoms with E-state index < -0.39 is 0 Å². The van der Waals surface area contributed by atoms with Crippen LogP contribution in [0.25, 0.3) is 11.9 Å². The van der Waals surface area contributed by atoms with Gasteiger partial charge in [-0.15, -0.1) is 10.2 Å². The second kappa shape index (κ2) is 9.93. The quantitative estimate of drug-likeness (QED) is 0.429. The molecule has 0 saturated carbocycles. The van der Waals surface area contributed by atoms with Crippen molar-refractivity contribution in [3.63, 3.8) is 0 Å². The van der Waals surface area contributed by atoms with Crippen LogP contribution in [0.2, 0.25) is 0 Å². The van der Waals surface area contributed by atoms with Crippen molar-refractivity contribution in [2.24, 2.45) is 0 Å². The van der Waals surface area contributed by atoms with Crippen LogP contribution in [-0.2, 0) is 4.79 Å². The Morgan fingerprint density at radius 1 is 1.03 bits per heavy atom. The number of benzene rings is 1. The average Bonchev–Trinajstić information content (AvgIpc) is 3.30. The van der Waals surface area contributed by atoms with Gasteiger partial charge in [-0.1, -0.05) is 6.07 Å². The molecular formula is C21H23N5O3. The molecule has 2 heterocycles. The number of amides is 1. The molecule has 0 aliphatic rings. The second-order valence-corrected chi connectivity index (χ2v) is 6.03. The number of rotatable bonds is 9. The van der Waals surface area contributed by atoms with Crippen LogP contribution < -0.4 is 20.1 Å². The molecule has 1 amide bonds. The molecule has 0 atom stereocenters. The lowest BCUT2D eigenvalue weighted by molar-refractivity contribution is -0.116. The second-order valence-electron chi connectivity index (χ2n) is 6.03. The van der Waals surface area contributed by atoms with E-state index in [2.05, 4.69) is 20.8 Å². The molecule has 29 heavy (non-hydrogen) atoms. The first-order chi connectivity index (χ1) is 14.2. The Morgan fingerprint density at radius 2 is 1.83 bits per heavy atom. The molecular weight excluding hydrogens is 370 g/mol. The maximum Gasteiger partial charge on any atom is 0.244 e. The highest BCUT2D eigenvalue weighted by atomic mass is 16.5. The third-order valence-corrected chi connectivity index (χ3v) is 4.08. The van der Waals surface area contributed by atoms with Crippen LogP contribution in [-0.4, -0.2) is 48.0 Å². The summed E-state index contributed by atoms with van der Waals surface area (Å²) in [5, 5.41) is 14.2. The standard InChI is InChI=1S/C21H23N5O3/c1-28-17-7-5-16(15-18(17)29-2)6-10-21(27)23-12-11-22-19-8-9-20(25-24-19)26-13-3-4-14-26/h3-10,13-15H,11-12H2,1-2H3,(H,22,24)(H,23,27)/b10-6+. The van der Waals surface area contributed by atoms with Gasteiger partial charge in [0.05, 0.1) is 14.2 Å². The first kappa shape index (κ1) is 19.9. The van der Waals surface area contributed by atoms with E-state index in [9.17, 15) is 4.79 Å². The normalized spacial score (nSPS) is 10.7. The lowest BCUT2D eigenvalue weighted by Gasteiger charge is -2.08. The molecule has 2 N–H and O–H groups in total. The molecule has 0 aliphatic heterocycles. The minimum atomic E-state index is -0.185. The first-order valence-corrected chi connectivity index (χ1v) is 9.08. The van der Waals surface area contributed by atoms with Gasteiger partial charge in [0.2, 0.25) is 5.91 Å². The topological polar surface area (TPSA) is 90.3 Å². The molecule has 0 bridgehead atoms. The zero-order chi connectivity index (χ0) is 20.5. The van der Waals surface area contributed by atoms with E-state index in [-0.39, 0.29) is 5.91 Å². The summed E-state index contributed by atoms with van der Waals surface area (Å²) in [6.45, 7) is 0.990. The number of nitrogens with one attached hydrogen (secondary N) is 2. The number of carbonyl (C=O) groups excluding carboxylic acids is 1. The number of hydrogen-bond donors (Lipinski definition) is 2. The van der Waals surface area contributed by atoms with Crippen molar-refractivity contribution in [2.45, 2.75) is 0 Å². The summed E-state index contributed by atoms with van der Waals surface area (Å²) in [5.74, 6) is 2.47. The van der Waals surface area contributed by atoms with Gasteiger partial charge in [-0.2, -0.15) is 0 Å². The highest BCUT2D eigenvalue weighted by molar-refractivity contribution is 5.91. The fourth-order valence-electron chi connectivity index (χ4n) is 2.61. The Morgan fingerprint density at radius 3 is 2.52 bits per heavy atom. The van der Waals surface area contributed by atoms with Gasteiger partial charge < -0.3 is 24.7 Å². The predicted octanol–water partition coefficient (Wildman–Crippen LogP) is 2.53. The Kier molecular flexibility index (Phi) is 6.83. The first-order valence-electron chi connectivity index (χ1n) is 9.08. The van der Waals surface area contributed by atoms with Gasteiger partial charge in [-0.25, -0.2) is 0 Å². The van der Waals surface area contributed by atoms with Crippen LogP contribution in [0.4, 0.5) is 5.82 Å². The third kappa shape index (κ3) is 5.58. The van der Waals surface area contributed by atoms with Crippen LogP contribution in [0.15, 0.2) is 60.9 Å². The van der Waals surface area contributed by atoms with E-state index in [1.165, 1.54) is 6.08 Å². The van der Waals surface area contributed by atoms with E-state index in [1.807, 2.05) is 47.3 Å². The van der Waals surface area contributed by atoms with Crippen LogP contribution in [0.1, 0.15) is 5.56 Å². The molecule has 0 radical (unpaired) electrons. The van der Waals surface area contributed by atoms with Crippen molar-refractivity contribution in [1.29, 1.82) is 0 Å². The van der Waals surface area contributed by atoms with E-state index in [4.69, 9.17) is 9.47 Å². The molecule has 0 fully saturated rings. The molecule has 150 valence electrons. The van der Waals surface area contributed by atoms with Gasteiger partial charge in [0.15, 0.2) is 17.3 Å². The highest BCUT2D eigenvalue weighted by Gasteiger charge is 2.03. The largest absolute Gasteiger partial charge is 0.493 e. The lowest BCUT2D eigenvalue weighted by atomic mass is 10.2. The predicted molar refractivity (Wildman–Crippen MR) is 111 cm³/mol. The van der Waals surface area contributed by atoms with Gasteiger partial charge in [0.1, 0.15) is 5.82 Å². The molecule has 3 rings (SSSR count). The van der Waals surface area contributed by atoms with Gasteiger partial charge in [-0.05, 0) is 48.0 Å². The Bertz CT molecular complexity index is 953.